The summed E-state index contributed by atoms with van der Waals surface area (Å²) in [6, 6.07) is 24.1. The molecule has 4 heterocycles. The first-order valence-electron chi connectivity index (χ1n) is 13.3. The van der Waals surface area contributed by atoms with Crippen molar-refractivity contribution in [2.24, 2.45) is 5.92 Å². The van der Waals surface area contributed by atoms with E-state index in [4.69, 9.17) is 0 Å². The number of H-pyrrole nitrogens is 1. The van der Waals surface area contributed by atoms with Crippen LogP contribution in [-0.2, 0) is 13.1 Å². The molecule has 0 radical (unpaired) electrons. The number of fused-ring (bicyclic) bond motifs is 1. The molecule has 0 bridgehead atoms. The Morgan fingerprint density at radius 3 is 2.50 bits per heavy atom. The molecule has 2 N–H and O–H groups in total. The van der Waals surface area contributed by atoms with E-state index in [1.807, 2.05) is 54.9 Å². The smallest absolute Gasteiger partial charge is 0.268 e. The molecule has 0 aliphatic carbocycles. The van der Waals surface area contributed by atoms with Crippen molar-refractivity contribution in [2.45, 2.75) is 26.9 Å². The van der Waals surface area contributed by atoms with Gasteiger partial charge in [0.15, 0.2) is 5.82 Å². The Bertz CT molecular complexity index is 1770. The van der Waals surface area contributed by atoms with E-state index in [0.717, 1.165) is 51.1 Å². The lowest BCUT2D eigenvalue weighted by Crippen LogP contribution is -2.22. The van der Waals surface area contributed by atoms with Crippen LogP contribution in [0, 0.1) is 5.92 Å². The molecular weight excluding hydrogens is 498 g/mol. The summed E-state index contributed by atoms with van der Waals surface area (Å²) >= 11 is 0. The van der Waals surface area contributed by atoms with Crippen molar-refractivity contribution in [1.29, 1.82) is 0 Å². The van der Waals surface area contributed by atoms with Crippen LogP contribution in [-0.4, -0.2) is 35.6 Å². The van der Waals surface area contributed by atoms with Gasteiger partial charge in [0.25, 0.3) is 5.91 Å². The molecule has 4 aromatic heterocycles. The third-order valence-electron chi connectivity index (χ3n) is 6.78. The predicted octanol–water partition coefficient (Wildman–Crippen LogP) is 6.14. The zero-order chi connectivity index (χ0) is 27.5. The molecule has 6 rings (SSSR count). The van der Waals surface area contributed by atoms with E-state index in [1.165, 1.54) is 0 Å². The van der Waals surface area contributed by atoms with E-state index in [1.54, 1.807) is 12.5 Å². The van der Waals surface area contributed by atoms with Gasteiger partial charge in [-0.05, 0) is 40.8 Å². The van der Waals surface area contributed by atoms with Crippen molar-refractivity contribution in [3.05, 3.63) is 109 Å². The number of nitrogens with one attached hydrogen (secondary N) is 2. The van der Waals surface area contributed by atoms with E-state index in [-0.39, 0.29) is 5.91 Å². The number of nitrogens with zero attached hydrogens (tertiary/aromatic N) is 5. The molecule has 198 valence electrons. The highest BCUT2D eigenvalue weighted by Crippen LogP contribution is 2.31. The third kappa shape index (κ3) is 5.24. The molecule has 0 aliphatic heterocycles. The Hall–Kier alpha value is -5.11. The molecule has 0 fully saturated rings. The van der Waals surface area contributed by atoms with Gasteiger partial charge in [-0.15, -0.1) is 10.2 Å². The molecular formula is C32H29N7O. The van der Waals surface area contributed by atoms with Gasteiger partial charge in [-0.2, -0.15) is 0 Å². The molecule has 1 amide bonds. The normalized spacial score (nSPS) is 11.3. The van der Waals surface area contributed by atoms with E-state index >= 15 is 0 Å². The number of hydrogen-bond acceptors (Lipinski definition) is 5. The van der Waals surface area contributed by atoms with Crippen molar-refractivity contribution in [3.63, 3.8) is 0 Å². The van der Waals surface area contributed by atoms with E-state index in [9.17, 15) is 4.79 Å². The second kappa shape index (κ2) is 10.9. The molecule has 8 nitrogen and oxygen atoms in total. The Morgan fingerprint density at radius 2 is 1.70 bits per heavy atom. The van der Waals surface area contributed by atoms with Crippen LogP contribution in [0.2, 0.25) is 0 Å². The zero-order valence-electron chi connectivity index (χ0n) is 22.4. The highest BCUT2D eigenvalue weighted by molar-refractivity contribution is 6.01. The summed E-state index contributed by atoms with van der Waals surface area (Å²) in [5.74, 6) is 1.19. The van der Waals surface area contributed by atoms with Crippen molar-refractivity contribution in [1.82, 2.24) is 35.0 Å². The van der Waals surface area contributed by atoms with Crippen LogP contribution >= 0.6 is 0 Å². The zero-order valence-corrected chi connectivity index (χ0v) is 22.4. The number of rotatable bonds is 8. The minimum Gasteiger partial charge on any atom is -0.347 e. The average molecular weight is 528 g/mol. The lowest BCUT2D eigenvalue weighted by Gasteiger charge is -2.10. The SMILES string of the molecule is CC(C)Cn1cnnc1-c1ccc(-c2cncc(-c3ccnc4[nH]c(C(=O)NCc5ccccc5)cc34)c2)cc1. The minimum absolute atomic E-state index is 0.177. The summed E-state index contributed by atoms with van der Waals surface area (Å²) in [5.41, 5.74) is 7.13. The van der Waals surface area contributed by atoms with Crippen LogP contribution in [0.4, 0.5) is 0 Å². The molecule has 40 heavy (non-hydrogen) atoms. The molecule has 2 aromatic carbocycles. The van der Waals surface area contributed by atoms with E-state index in [2.05, 4.69) is 79.2 Å². The van der Waals surface area contributed by atoms with Gasteiger partial charge in [0.05, 0.1) is 0 Å². The number of hydrogen-bond donors (Lipinski definition) is 2. The lowest BCUT2D eigenvalue weighted by molar-refractivity contribution is 0.0946. The van der Waals surface area contributed by atoms with Crippen LogP contribution in [0.25, 0.3) is 44.7 Å². The minimum atomic E-state index is -0.177. The third-order valence-corrected chi connectivity index (χ3v) is 6.78. The van der Waals surface area contributed by atoms with Crippen LogP contribution < -0.4 is 5.32 Å². The molecule has 0 aliphatic rings. The fourth-order valence-electron chi connectivity index (χ4n) is 4.84. The number of carbonyl (C=O) groups excluding carboxylic acids is 1. The van der Waals surface area contributed by atoms with Gasteiger partial charge in [0.2, 0.25) is 0 Å². The summed E-state index contributed by atoms with van der Waals surface area (Å²) in [6.07, 6.45) is 7.22. The van der Waals surface area contributed by atoms with E-state index in [0.29, 0.717) is 23.8 Å². The highest BCUT2D eigenvalue weighted by Gasteiger charge is 2.15. The van der Waals surface area contributed by atoms with Crippen LogP contribution in [0.5, 0.6) is 0 Å². The van der Waals surface area contributed by atoms with Gasteiger partial charge < -0.3 is 14.9 Å². The van der Waals surface area contributed by atoms with Gasteiger partial charge in [-0.1, -0.05) is 68.4 Å². The van der Waals surface area contributed by atoms with Gasteiger partial charge in [-0.25, -0.2) is 4.98 Å². The van der Waals surface area contributed by atoms with Crippen molar-refractivity contribution < 1.29 is 4.79 Å². The van der Waals surface area contributed by atoms with Gasteiger partial charge in [0, 0.05) is 53.8 Å². The largest absolute Gasteiger partial charge is 0.347 e. The van der Waals surface area contributed by atoms with Gasteiger partial charge >= 0.3 is 0 Å². The standard InChI is InChI=1S/C32H29N7O/c1-21(2)19-39-20-36-38-31(39)24-10-8-23(9-11-24)25-14-26(18-33-17-25)27-12-13-34-30-28(27)15-29(37-30)32(40)35-16-22-6-4-3-5-7-22/h3-15,17-18,20-21H,16,19H2,1-2H3,(H,34,37)(H,35,40). The van der Waals surface area contributed by atoms with Crippen molar-refractivity contribution in [2.75, 3.05) is 0 Å². The molecule has 0 saturated heterocycles. The molecule has 0 atom stereocenters. The summed E-state index contributed by atoms with van der Waals surface area (Å²) in [7, 11) is 0. The maximum atomic E-state index is 12.9. The number of aromatic nitrogens is 6. The first-order chi connectivity index (χ1) is 19.5. The number of carbonyl (C=O) groups is 1. The van der Waals surface area contributed by atoms with Gasteiger partial charge in [0.1, 0.15) is 17.7 Å². The van der Waals surface area contributed by atoms with Gasteiger partial charge in [-0.3, -0.25) is 9.78 Å². The molecule has 6 aromatic rings. The molecule has 0 saturated carbocycles. The maximum Gasteiger partial charge on any atom is 0.268 e. The first-order valence-corrected chi connectivity index (χ1v) is 13.3. The lowest BCUT2D eigenvalue weighted by atomic mass is 10.00. The number of aromatic amines is 1. The summed E-state index contributed by atoms with van der Waals surface area (Å²) in [5, 5.41) is 12.3. The summed E-state index contributed by atoms with van der Waals surface area (Å²) in [6.45, 7) is 5.68. The molecule has 0 spiro atoms. The predicted molar refractivity (Wildman–Crippen MR) is 156 cm³/mol. The quantitative estimate of drug-likeness (QED) is 0.248. The second-order valence-electron chi connectivity index (χ2n) is 10.2. The Morgan fingerprint density at radius 1 is 0.925 bits per heavy atom. The monoisotopic (exact) mass is 527 g/mol. The fourth-order valence-corrected chi connectivity index (χ4v) is 4.84. The highest BCUT2D eigenvalue weighted by atomic mass is 16.1. The topological polar surface area (TPSA) is 101 Å². The summed E-state index contributed by atoms with van der Waals surface area (Å²) in [4.78, 5) is 25.0. The van der Waals surface area contributed by atoms with Crippen LogP contribution in [0.15, 0.2) is 97.7 Å². The number of benzene rings is 2. The van der Waals surface area contributed by atoms with Crippen molar-refractivity contribution in [3.8, 4) is 33.6 Å². The second-order valence-corrected chi connectivity index (χ2v) is 10.2. The van der Waals surface area contributed by atoms with Crippen LogP contribution in [0.3, 0.4) is 0 Å². The molecule has 8 heteroatoms. The number of amides is 1. The fraction of sp³-hybridized carbons (Fsp3) is 0.156. The Labute approximate surface area is 232 Å². The maximum absolute atomic E-state index is 12.9. The number of pyridine rings is 2. The Kier molecular flexibility index (Phi) is 6.89. The molecule has 0 unspecified atom stereocenters. The Balaban J connectivity index is 1.25. The van der Waals surface area contributed by atoms with E-state index < -0.39 is 0 Å². The first kappa shape index (κ1) is 25.2. The van der Waals surface area contributed by atoms with Crippen LogP contribution in [0.1, 0.15) is 29.9 Å². The average Bonchev–Trinajstić information content (AvgIpc) is 3.63. The summed E-state index contributed by atoms with van der Waals surface area (Å²) < 4.78 is 2.09. The van der Waals surface area contributed by atoms with Crippen molar-refractivity contribution >= 4 is 16.9 Å².